The van der Waals surface area contributed by atoms with Gasteiger partial charge in [0.2, 0.25) is 0 Å². The Balaban J connectivity index is 2.81. The first-order valence-corrected chi connectivity index (χ1v) is 2.51. The van der Waals surface area contributed by atoms with Gasteiger partial charge in [-0.1, -0.05) is 5.92 Å². The molecule has 1 nitrogen and oxygen atoms in total. The molecule has 5 heavy (non-hydrogen) atoms. The van der Waals surface area contributed by atoms with Crippen LogP contribution >= 0.6 is 0 Å². The van der Waals surface area contributed by atoms with Crippen LogP contribution in [0.2, 0.25) is 0 Å². The summed E-state index contributed by atoms with van der Waals surface area (Å²) in [5.41, 5.74) is 7.77. The molecule has 0 amide bonds. The Labute approximate surface area is 35.0 Å². The zero-order valence-electron chi connectivity index (χ0n) is 3.28. The quantitative estimate of drug-likeness (QED) is 0.274. The third kappa shape index (κ3) is 3.74. The topological polar surface area (TPSA) is 26.0 Å². The molecule has 0 heterocycles. The molecule has 0 aliphatic heterocycles. The molecule has 0 fully saturated rings. The Morgan fingerprint density at radius 1 is 1.80 bits per heavy atom. The third-order valence-electron chi connectivity index (χ3n) is 0.279. The van der Waals surface area contributed by atoms with Crippen LogP contribution < -0.4 is 5.73 Å². The van der Waals surface area contributed by atoms with Crippen LogP contribution in [0.15, 0.2) is 0 Å². The van der Waals surface area contributed by atoms with Gasteiger partial charge in [0.15, 0.2) is 0 Å². The highest BCUT2D eigenvalue weighted by molar-refractivity contribution is 6.22. The van der Waals surface area contributed by atoms with Crippen LogP contribution in [0, 0.1) is 11.5 Å². The highest BCUT2D eigenvalue weighted by Gasteiger charge is 1.46. The minimum Gasteiger partial charge on any atom is -0.320 e. The summed E-state index contributed by atoms with van der Waals surface area (Å²) in [4.78, 5) is 0. The van der Waals surface area contributed by atoms with E-state index in [2.05, 4.69) is 11.5 Å². The van der Waals surface area contributed by atoms with Gasteiger partial charge in [-0.25, -0.2) is 0 Å². The van der Waals surface area contributed by atoms with E-state index >= 15 is 0 Å². The fraction of sp³-hybridized carbons (Fsp3) is 0.333. The molecule has 0 aromatic carbocycles. The lowest BCUT2D eigenvalue weighted by atomic mass is 10.7. The molecule has 0 saturated heterocycles. The van der Waals surface area contributed by atoms with Crippen LogP contribution in [0.4, 0.5) is 0 Å². The van der Waals surface area contributed by atoms with Crippen LogP contribution in [0.5, 0.6) is 0 Å². The summed E-state index contributed by atoms with van der Waals surface area (Å²) in [6.07, 6.45) is 0. The number of nitrogens with two attached hydrogens (primary N) is 1. The highest BCUT2D eigenvalue weighted by Crippen LogP contribution is 1.34. The van der Waals surface area contributed by atoms with Gasteiger partial charge in [-0.15, -0.1) is 5.54 Å². The zero-order valence-corrected chi connectivity index (χ0v) is 5.28. The Morgan fingerprint density at radius 3 is 2.40 bits per heavy atom. The molecule has 0 aromatic heterocycles. The third-order valence-corrected chi connectivity index (χ3v) is 0.632. The highest BCUT2D eigenvalue weighted by atomic mass is 28.1. The van der Waals surface area contributed by atoms with Crippen molar-refractivity contribution in [3.63, 3.8) is 0 Å². The van der Waals surface area contributed by atoms with Crippen LogP contribution in [-0.2, 0) is 0 Å². The lowest BCUT2D eigenvalue weighted by molar-refractivity contribution is 1.30. The Morgan fingerprint density at radius 2 is 2.40 bits per heavy atom. The minimum atomic E-state index is 0.517. The van der Waals surface area contributed by atoms with Crippen LogP contribution in [0.25, 0.3) is 0 Å². The molecule has 28 valence electrons. The van der Waals surface area contributed by atoms with Crippen molar-refractivity contribution in [3.8, 4) is 11.5 Å². The molecular formula is C3H7NSi. The molecule has 0 bridgehead atoms. The molecular weight excluding hydrogens is 78.1 g/mol. The first-order chi connectivity index (χ1) is 2.41. The smallest absolute Gasteiger partial charge is 0.0907 e. The molecule has 0 spiro atoms. The number of hydrogen-bond acceptors (Lipinski definition) is 1. The largest absolute Gasteiger partial charge is 0.320 e. The fourth-order valence-corrected chi connectivity index (χ4v) is 0.306. The van der Waals surface area contributed by atoms with E-state index in [1.807, 2.05) is 0 Å². The van der Waals surface area contributed by atoms with Crippen molar-refractivity contribution in [2.45, 2.75) is 0 Å². The van der Waals surface area contributed by atoms with E-state index < -0.39 is 0 Å². The van der Waals surface area contributed by atoms with Crippen molar-refractivity contribution in [3.05, 3.63) is 0 Å². The monoisotopic (exact) mass is 85.0 g/mol. The average Bonchev–Trinajstić information content (AvgIpc) is 1.41. The second-order valence-corrected chi connectivity index (χ2v) is 1.13. The minimum absolute atomic E-state index is 0.517. The standard InChI is InChI=1S/C3H7NSi/c4-2-1-3-5/h2,4H2,5H3. The molecule has 2 heteroatoms. The molecule has 0 rings (SSSR count). The van der Waals surface area contributed by atoms with Crippen molar-refractivity contribution < 1.29 is 0 Å². The van der Waals surface area contributed by atoms with Crippen LogP contribution in [0.3, 0.4) is 0 Å². The second-order valence-electron chi connectivity index (χ2n) is 0.631. The van der Waals surface area contributed by atoms with E-state index in [-0.39, 0.29) is 0 Å². The Hall–Kier alpha value is -0.263. The predicted octanol–water partition coefficient (Wildman–Crippen LogP) is -1.73. The number of rotatable bonds is 0. The van der Waals surface area contributed by atoms with Gasteiger partial charge in [-0.2, -0.15) is 0 Å². The average molecular weight is 85.2 g/mol. The van der Waals surface area contributed by atoms with Gasteiger partial charge in [0.1, 0.15) is 0 Å². The molecule has 0 aromatic rings. The van der Waals surface area contributed by atoms with Gasteiger partial charge in [0, 0.05) is 0 Å². The Kier molecular flexibility index (Phi) is 3.54. The fourth-order valence-electron chi connectivity index (χ4n) is 0.102. The summed E-state index contributed by atoms with van der Waals surface area (Å²) in [5.74, 6) is 2.70. The zero-order chi connectivity index (χ0) is 4.12. The van der Waals surface area contributed by atoms with Crippen LogP contribution in [0.1, 0.15) is 0 Å². The van der Waals surface area contributed by atoms with Gasteiger partial charge in [-0.05, 0) is 0 Å². The van der Waals surface area contributed by atoms with Crippen molar-refractivity contribution in [2.24, 2.45) is 5.73 Å². The summed E-state index contributed by atoms with van der Waals surface area (Å²) in [5, 5.41) is 0. The molecule has 0 aliphatic rings. The van der Waals surface area contributed by atoms with Crippen LogP contribution in [-0.4, -0.2) is 16.8 Å². The van der Waals surface area contributed by atoms with Crippen molar-refractivity contribution in [2.75, 3.05) is 6.54 Å². The first kappa shape index (κ1) is 4.74. The van der Waals surface area contributed by atoms with Crippen molar-refractivity contribution in [1.82, 2.24) is 0 Å². The Bertz CT molecular complexity index is 59.0. The maximum atomic E-state index is 4.99. The summed E-state index contributed by atoms with van der Waals surface area (Å²) in [6.45, 7) is 0.517. The molecule has 0 unspecified atom stereocenters. The van der Waals surface area contributed by atoms with Crippen molar-refractivity contribution >= 4 is 10.2 Å². The maximum Gasteiger partial charge on any atom is 0.0907 e. The van der Waals surface area contributed by atoms with Gasteiger partial charge in [0.05, 0.1) is 16.8 Å². The van der Waals surface area contributed by atoms with E-state index in [4.69, 9.17) is 5.73 Å². The van der Waals surface area contributed by atoms with E-state index in [1.54, 1.807) is 0 Å². The van der Waals surface area contributed by atoms with E-state index in [0.29, 0.717) is 6.54 Å². The molecule has 0 atom stereocenters. The lowest BCUT2D eigenvalue weighted by Gasteiger charge is -1.61. The van der Waals surface area contributed by atoms with E-state index in [9.17, 15) is 0 Å². The van der Waals surface area contributed by atoms with Gasteiger partial charge >= 0.3 is 0 Å². The maximum absolute atomic E-state index is 4.99. The first-order valence-electron chi connectivity index (χ1n) is 1.51. The summed E-state index contributed by atoms with van der Waals surface area (Å²) in [7, 11) is 0.958. The summed E-state index contributed by atoms with van der Waals surface area (Å²) < 4.78 is 0. The SMILES string of the molecule is NCC#C[SiH3]. The van der Waals surface area contributed by atoms with Crippen molar-refractivity contribution in [1.29, 1.82) is 0 Å². The van der Waals surface area contributed by atoms with E-state index in [0.717, 1.165) is 10.2 Å². The normalized spacial score (nSPS) is 5.80. The van der Waals surface area contributed by atoms with Gasteiger partial charge in [0.25, 0.3) is 0 Å². The second kappa shape index (κ2) is 3.74. The molecule has 0 saturated carbocycles. The molecule has 2 N–H and O–H groups in total. The number of hydrogen-bond donors (Lipinski definition) is 1. The summed E-state index contributed by atoms with van der Waals surface area (Å²) in [6, 6.07) is 0. The van der Waals surface area contributed by atoms with E-state index in [1.165, 1.54) is 0 Å². The summed E-state index contributed by atoms with van der Waals surface area (Å²) >= 11 is 0. The molecule has 0 radical (unpaired) electrons. The van der Waals surface area contributed by atoms with Gasteiger partial charge < -0.3 is 5.73 Å². The molecule has 0 aliphatic carbocycles. The lowest BCUT2D eigenvalue weighted by Crippen LogP contribution is -1.92. The predicted molar refractivity (Wildman–Crippen MR) is 26.8 cm³/mol. The van der Waals surface area contributed by atoms with Gasteiger partial charge in [-0.3, -0.25) is 0 Å².